The van der Waals surface area contributed by atoms with Crippen LogP contribution < -0.4 is 10.6 Å². The molecule has 0 atom stereocenters. The monoisotopic (exact) mass is 647 g/mol. The van der Waals surface area contributed by atoms with Crippen LogP contribution in [0.1, 0.15) is 18.4 Å². The number of aromatic nitrogens is 4. The van der Waals surface area contributed by atoms with Crippen molar-refractivity contribution in [3.05, 3.63) is 58.8 Å². The topological polar surface area (TPSA) is 147 Å². The highest BCUT2D eigenvalue weighted by molar-refractivity contribution is 7.91. The molecule has 0 spiro atoms. The number of sulfone groups is 1. The summed E-state index contributed by atoms with van der Waals surface area (Å²) in [5, 5.41) is 11.7. The molecular formula is C27H34ClN9O4S2. The smallest absolute Gasteiger partial charge is 0.231 e. The quantitative estimate of drug-likeness (QED) is 0.248. The van der Waals surface area contributed by atoms with Crippen LogP contribution in [0.15, 0.2) is 36.8 Å². The second kappa shape index (κ2) is 13.2. The van der Waals surface area contributed by atoms with Gasteiger partial charge in [0.2, 0.25) is 21.7 Å². The molecule has 0 unspecified atom stereocenters. The van der Waals surface area contributed by atoms with Gasteiger partial charge >= 0.3 is 0 Å². The van der Waals surface area contributed by atoms with E-state index in [1.54, 1.807) is 17.1 Å². The zero-order chi connectivity index (χ0) is 30.6. The number of nitrogens with one attached hydrogen (secondary N) is 2. The molecular weight excluding hydrogens is 614 g/mol. The molecule has 2 N–H and O–H groups in total. The van der Waals surface area contributed by atoms with E-state index in [9.17, 15) is 16.8 Å². The van der Waals surface area contributed by atoms with Gasteiger partial charge in [0, 0.05) is 69.8 Å². The fraction of sp³-hybridized carbons (Fsp3) is 0.481. The zero-order valence-electron chi connectivity index (χ0n) is 23.8. The van der Waals surface area contributed by atoms with Crippen LogP contribution in [-0.2, 0) is 26.4 Å². The van der Waals surface area contributed by atoms with Crippen LogP contribution in [0.25, 0.3) is 21.8 Å². The van der Waals surface area contributed by atoms with E-state index < -0.39 is 19.9 Å². The van der Waals surface area contributed by atoms with Crippen LogP contribution in [0.5, 0.6) is 0 Å². The van der Waals surface area contributed by atoms with Crippen molar-refractivity contribution in [1.29, 1.82) is 0 Å². The molecule has 43 heavy (non-hydrogen) atoms. The molecule has 0 bridgehead atoms. The number of rotatable bonds is 10. The minimum absolute atomic E-state index is 0.0164. The first kappa shape index (κ1) is 31.3. The van der Waals surface area contributed by atoms with Crippen molar-refractivity contribution in [3.63, 3.8) is 0 Å². The molecule has 2 aliphatic rings. The fourth-order valence-electron chi connectivity index (χ4n) is 5.12. The highest BCUT2D eigenvalue weighted by atomic mass is 35.5. The predicted octanol–water partition coefficient (Wildman–Crippen LogP) is 2.19. The Labute approximate surface area is 257 Å². The Kier molecular flexibility index (Phi) is 9.64. The summed E-state index contributed by atoms with van der Waals surface area (Å²) in [4.78, 5) is 14.6. The molecule has 230 valence electrons. The van der Waals surface area contributed by atoms with E-state index >= 15 is 0 Å². The molecule has 2 aromatic heterocycles. The average Bonchev–Trinajstić information content (AvgIpc) is 3.46. The molecule has 13 nitrogen and oxygen atoms in total. The van der Waals surface area contributed by atoms with Gasteiger partial charge in [-0.15, -0.1) is 0 Å². The number of anilines is 1. The Hall–Kier alpha value is -3.13. The Morgan fingerprint density at radius 1 is 1.14 bits per heavy atom. The number of halogens is 1. The van der Waals surface area contributed by atoms with Gasteiger partial charge in [-0.2, -0.15) is 5.10 Å². The summed E-state index contributed by atoms with van der Waals surface area (Å²) < 4.78 is 49.9. The van der Waals surface area contributed by atoms with Gasteiger partial charge in [-0.1, -0.05) is 17.7 Å². The van der Waals surface area contributed by atoms with Gasteiger partial charge in [0.1, 0.15) is 0 Å². The zero-order valence-corrected chi connectivity index (χ0v) is 26.2. The lowest BCUT2D eigenvalue weighted by molar-refractivity contribution is 0.294. The van der Waals surface area contributed by atoms with Crippen LogP contribution in [0, 0.1) is 6.57 Å². The molecule has 0 radical (unpaired) electrons. The minimum Gasteiger partial charge on any atom is -0.351 e. The Bertz CT molecular complexity index is 1700. The van der Waals surface area contributed by atoms with Gasteiger partial charge < -0.3 is 15.5 Å². The fourth-order valence-corrected chi connectivity index (χ4v) is 7.56. The van der Waals surface area contributed by atoms with E-state index in [0.29, 0.717) is 73.5 Å². The largest absolute Gasteiger partial charge is 0.351 e. The summed E-state index contributed by atoms with van der Waals surface area (Å²) >= 11 is 6.63. The van der Waals surface area contributed by atoms with E-state index in [1.807, 2.05) is 18.2 Å². The molecule has 0 amide bonds. The first-order valence-electron chi connectivity index (χ1n) is 13.9. The average molecular weight is 648 g/mol. The van der Waals surface area contributed by atoms with E-state index in [0.717, 1.165) is 18.7 Å². The lowest BCUT2D eigenvalue weighted by Crippen LogP contribution is -2.43. The molecule has 0 saturated carbocycles. The highest BCUT2D eigenvalue weighted by Crippen LogP contribution is 2.31. The van der Waals surface area contributed by atoms with Crippen LogP contribution >= 0.6 is 11.6 Å². The Morgan fingerprint density at radius 2 is 1.88 bits per heavy atom. The molecule has 5 rings (SSSR count). The van der Waals surface area contributed by atoms with Crippen LogP contribution in [-0.4, -0.2) is 109 Å². The van der Waals surface area contributed by atoms with Gasteiger partial charge in [0.15, 0.2) is 9.84 Å². The van der Waals surface area contributed by atoms with Gasteiger partial charge in [-0.3, -0.25) is 0 Å². The van der Waals surface area contributed by atoms with E-state index in [4.69, 9.17) is 18.2 Å². The van der Waals surface area contributed by atoms with E-state index in [1.165, 1.54) is 16.8 Å². The number of sulfonamides is 1. The third kappa shape index (κ3) is 8.08. The van der Waals surface area contributed by atoms with Crippen LogP contribution in [0.3, 0.4) is 0 Å². The molecule has 1 aromatic carbocycles. The SMILES string of the molecule is [C-]#[N+]c1cnc(NC2CCN(S(C)(=O)=O)CC2)nc1-c1cnn(-c2ccc(CNCCN3CCS(=O)(=O)CC3)cc2Cl)c1. The minimum atomic E-state index is -3.21. The van der Waals surface area contributed by atoms with Crippen LogP contribution in [0.4, 0.5) is 11.6 Å². The third-order valence-electron chi connectivity index (χ3n) is 7.63. The summed E-state index contributed by atoms with van der Waals surface area (Å²) in [6.45, 7) is 11.7. The summed E-state index contributed by atoms with van der Waals surface area (Å²) in [7, 11) is -6.09. The number of nitrogens with zero attached hydrogens (tertiary/aromatic N) is 7. The predicted molar refractivity (Wildman–Crippen MR) is 166 cm³/mol. The standard InChI is InChI=1S/C27H34ClN9O4S2/c1-29-24-18-31-27(33-22-5-8-36(9-6-22)42(2,38)39)34-26(24)21-17-32-37(19-21)25-4-3-20(15-23(25)28)16-30-7-10-35-11-13-43(40,41)14-12-35/h3-4,15,17-19,22,30H,5-14,16H2,2H3,(H,31,33,34). The maximum absolute atomic E-state index is 11.8. The normalized spacial score (nSPS) is 18.3. The van der Waals surface area contributed by atoms with Gasteiger partial charge in [-0.05, 0) is 30.5 Å². The molecule has 2 saturated heterocycles. The number of hydrogen-bond acceptors (Lipinski definition) is 10. The Morgan fingerprint density at radius 3 is 2.56 bits per heavy atom. The number of hydrogen-bond donors (Lipinski definition) is 2. The van der Waals surface area contributed by atoms with Crippen molar-refractivity contribution in [2.24, 2.45) is 0 Å². The second-order valence-corrected chi connectivity index (χ2v) is 15.4. The highest BCUT2D eigenvalue weighted by Gasteiger charge is 2.26. The summed E-state index contributed by atoms with van der Waals surface area (Å²) in [5.41, 5.74) is 3.05. The van der Waals surface area contributed by atoms with Crippen molar-refractivity contribution >= 4 is 43.1 Å². The molecule has 3 aromatic rings. The first-order chi connectivity index (χ1) is 20.5. The summed E-state index contributed by atoms with van der Waals surface area (Å²) in [6, 6.07) is 5.75. The summed E-state index contributed by atoms with van der Waals surface area (Å²) in [5.74, 6) is 0.817. The third-order valence-corrected chi connectivity index (χ3v) is 10.8. The summed E-state index contributed by atoms with van der Waals surface area (Å²) in [6.07, 6.45) is 7.34. The van der Waals surface area contributed by atoms with E-state index in [-0.39, 0.29) is 23.2 Å². The molecule has 2 fully saturated rings. The van der Waals surface area contributed by atoms with E-state index in [2.05, 4.69) is 35.4 Å². The maximum atomic E-state index is 11.8. The van der Waals surface area contributed by atoms with Crippen molar-refractivity contribution < 1.29 is 16.8 Å². The Balaban J connectivity index is 1.20. The maximum Gasteiger partial charge on any atom is 0.231 e. The van der Waals surface area contributed by atoms with Gasteiger partial charge in [0.05, 0.1) is 46.9 Å². The van der Waals surface area contributed by atoms with Gasteiger partial charge in [0.25, 0.3) is 0 Å². The first-order valence-corrected chi connectivity index (χ1v) is 18.0. The molecule has 0 aliphatic carbocycles. The van der Waals surface area contributed by atoms with Crippen molar-refractivity contribution in [1.82, 2.24) is 34.3 Å². The second-order valence-electron chi connectivity index (χ2n) is 10.7. The van der Waals surface area contributed by atoms with Gasteiger partial charge in [-0.25, -0.2) is 40.6 Å². The number of piperidine rings is 1. The van der Waals surface area contributed by atoms with Crippen LogP contribution in [0.2, 0.25) is 5.02 Å². The lowest BCUT2D eigenvalue weighted by Gasteiger charge is -2.30. The van der Waals surface area contributed by atoms with Crippen molar-refractivity contribution in [2.45, 2.75) is 25.4 Å². The van der Waals surface area contributed by atoms with Crippen molar-refractivity contribution in [2.75, 3.05) is 62.3 Å². The molecule has 2 aliphatic heterocycles. The molecule has 4 heterocycles. The molecule has 16 heteroatoms. The van der Waals surface area contributed by atoms with Crippen molar-refractivity contribution in [3.8, 4) is 16.9 Å². The lowest BCUT2D eigenvalue weighted by atomic mass is 10.1. The number of benzene rings is 1.